The van der Waals surface area contributed by atoms with Crippen LogP contribution in [0.15, 0.2) is 42.5 Å². The van der Waals surface area contributed by atoms with Crippen LogP contribution in [-0.2, 0) is 0 Å². The average molecular weight is 376 g/mol. The van der Waals surface area contributed by atoms with Gasteiger partial charge < -0.3 is 16.6 Å². The summed E-state index contributed by atoms with van der Waals surface area (Å²) in [6, 6.07) is 11.7. The third-order valence-electron chi connectivity index (χ3n) is 4.21. The fourth-order valence-corrected chi connectivity index (χ4v) is 2.89. The first-order chi connectivity index (χ1) is 13.4. The molecule has 0 bridgehead atoms. The number of carbonyl (C=O) groups excluding carboxylic acids is 1. The lowest BCUT2D eigenvalue weighted by Crippen LogP contribution is -2.31. The average Bonchev–Trinajstić information content (AvgIpc) is 2.67. The highest BCUT2D eigenvalue weighted by Gasteiger charge is 2.23. The lowest BCUT2D eigenvalue weighted by atomic mass is 9.91. The molecule has 0 saturated carbocycles. The van der Waals surface area contributed by atoms with Crippen LogP contribution in [0.5, 0.6) is 5.75 Å². The number of rotatable bonds is 4. The quantitative estimate of drug-likeness (QED) is 0.500. The van der Waals surface area contributed by atoms with E-state index in [4.69, 9.17) is 16.9 Å². The van der Waals surface area contributed by atoms with Crippen LogP contribution in [0.3, 0.4) is 0 Å². The highest BCUT2D eigenvalue weighted by molar-refractivity contribution is 5.98. The Labute approximate surface area is 159 Å². The van der Waals surface area contributed by atoms with Gasteiger partial charge in [-0.15, -0.1) is 0 Å². The number of nitriles is 1. The third kappa shape index (κ3) is 3.12. The van der Waals surface area contributed by atoms with E-state index in [1.54, 1.807) is 12.1 Å². The molecule has 0 aliphatic carbocycles. The summed E-state index contributed by atoms with van der Waals surface area (Å²) < 4.78 is 14.4. The van der Waals surface area contributed by atoms with Crippen molar-refractivity contribution in [2.45, 2.75) is 0 Å². The molecule has 0 saturated heterocycles. The Kier molecular flexibility index (Phi) is 4.75. The van der Waals surface area contributed by atoms with Gasteiger partial charge in [-0.05, 0) is 29.8 Å². The van der Waals surface area contributed by atoms with Crippen LogP contribution in [0.2, 0.25) is 0 Å². The number of pyridine rings is 1. The van der Waals surface area contributed by atoms with Gasteiger partial charge in [-0.1, -0.05) is 12.1 Å². The summed E-state index contributed by atoms with van der Waals surface area (Å²) in [5.74, 6) is -1.62. The largest absolute Gasteiger partial charge is 0.508 e. The molecule has 0 aliphatic heterocycles. The molecule has 7 nitrogen and oxygen atoms in total. The zero-order valence-corrected chi connectivity index (χ0v) is 14.5. The van der Waals surface area contributed by atoms with Crippen molar-refractivity contribution in [2.75, 3.05) is 5.73 Å². The summed E-state index contributed by atoms with van der Waals surface area (Å²) in [6.45, 7) is 0. The number of carbonyl (C=O) groups is 1. The molecule has 3 aromatic rings. The van der Waals surface area contributed by atoms with Gasteiger partial charge in [0.05, 0.1) is 16.8 Å². The van der Waals surface area contributed by atoms with E-state index in [0.29, 0.717) is 16.7 Å². The fraction of sp³-hybridized carbons (Fsp3) is 0. The number of nitrogens with zero attached hydrogens (tertiary/aromatic N) is 2. The van der Waals surface area contributed by atoms with Gasteiger partial charge in [-0.25, -0.2) is 9.37 Å². The Morgan fingerprint density at radius 3 is 2.46 bits per heavy atom. The lowest BCUT2D eigenvalue weighted by Gasteiger charge is -2.14. The summed E-state index contributed by atoms with van der Waals surface area (Å²) in [7, 11) is 0. The molecular formula is C20H15FN5O2+. The van der Waals surface area contributed by atoms with Gasteiger partial charge in [0.2, 0.25) is 5.91 Å². The minimum absolute atomic E-state index is 0.000345. The lowest BCUT2D eigenvalue weighted by molar-refractivity contribution is -0.104. The predicted octanol–water partition coefficient (Wildman–Crippen LogP) is 0.991. The van der Waals surface area contributed by atoms with E-state index in [1.807, 2.05) is 6.07 Å². The maximum atomic E-state index is 14.4. The molecule has 8 heteroatoms. The van der Waals surface area contributed by atoms with Crippen molar-refractivity contribution >= 4 is 17.9 Å². The van der Waals surface area contributed by atoms with Crippen molar-refractivity contribution in [2.24, 2.45) is 5.73 Å². The first-order valence-electron chi connectivity index (χ1n) is 8.05. The van der Waals surface area contributed by atoms with Crippen LogP contribution in [0, 0.1) is 17.1 Å². The number of phenols is 1. The van der Waals surface area contributed by atoms with Gasteiger partial charge in [0.15, 0.2) is 6.21 Å². The molecule has 0 radical (unpaired) electrons. The van der Waals surface area contributed by atoms with E-state index >= 15 is 0 Å². The van der Waals surface area contributed by atoms with Gasteiger partial charge in [-0.2, -0.15) is 5.26 Å². The maximum absolute atomic E-state index is 14.4. The van der Waals surface area contributed by atoms with Gasteiger partial charge in [0.25, 0.3) is 0 Å². The van der Waals surface area contributed by atoms with E-state index in [-0.39, 0.29) is 34.0 Å². The second-order valence-electron chi connectivity index (χ2n) is 5.89. The van der Waals surface area contributed by atoms with Crippen molar-refractivity contribution in [1.29, 1.82) is 5.26 Å². The highest BCUT2D eigenvalue weighted by Crippen LogP contribution is 2.36. The molecule has 0 unspecified atom stereocenters. The standard InChI is InChI=1S/C20H14FN5O2/c21-16-7-12(27)5-6-13(16)18-14(8-22)17(15(9-23)19(24)26-18)10-1-3-11(4-2-10)20(25)28/h1-7,9,23,27H,(H2,24,26)(H2,25,28)/p+1. The monoisotopic (exact) mass is 376 g/mol. The number of phenolic OH excluding ortho intramolecular Hbond substituents is 1. The Morgan fingerprint density at radius 1 is 1.25 bits per heavy atom. The van der Waals surface area contributed by atoms with Crippen LogP contribution < -0.4 is 16.9 Å². The Bertz CT molecular complexity index is 1150. The highest BCUT2D eigenvalue weighted by atomic mass is 19.1. The van der Waals surface area contributed by atoms with Gasteiger partial charge in [0.1, 0.15) is 23.5 Å². The summed E-state index contributed by atoms with van der Waals surface area (Å²) in [4.78, 5) is 15.5. The van der Waals surface area contributed by atoms with Crippen LogP contribution >= 0.6 is 0 Å². The van der Waals surface area contributed by atoms with E-state index in [9.17, 15) is 19.6 Å². The number of amides is 1. The molecular weight excluding hydrogens is 361 g/mol. The molecule has 1 heterocycles. The number of nitrogen functional groups attached to an aromatic ring is 1. The minimum Gasteiger partial charge on any atom is -0.508 e. The second kappa shape index (κ2) is 7.17. The molecule has 1 amide bonds. The Morgan fingerprint density at radius 2 is 1.93 bits per heavy atom. The molecule has 7 N–H and O–H groups in total. The zero-order valence-electron chi connectivity index (χ0n) is 14.5. The maximum Gasteiger partial charge on any atom is 0.248 e. The van der Waals surface area contributed by atoms with Crippen LogP contribution in [-0.4, -0.2) is 22.2 Å². The SMILES string of the molecule is N#Cc1c(-c2ccc(O)cc2F)nc(N)c(C=[NH2+])c1-c1ccc(C(N)=O)cc1. The number of hydrogen-bond acceptors (Lipinski definition) is 5. The topological polar surface area (TPSA) is 152 Å². The van der Waals surface area contributed by atoms with E-state index in [1.165, 1.54) is 30.5 Å². The zero-order chi connectivity index (χ0) is 20.4. The number of aromatic nitrogens is 1. The normalized spacial score (nSPS) is 10.3. The summed E-state index contributed by atoms with van der Waals surface area (Å²) in [5, 5.41) is 24.9. The number of aromatic hydroxyl groups is 1. The number of halogens is 1. The molecule has 28 heavy (non-hydrogen) atoms. The molecule has 2 aromatic carbocycles. The van der Waals surface area contributed by atoms with Crippen LogP contribution in [0.4, 0.5) is 10.2 Å². The van der Waals surface area contributed by atoms with E-state index < -0.39 is 11.7 Å². The summed E-state index contributed by atoms with van der Waals surface area (Å²) in [5.41, 5.74) is 12.8. The molecule has 3 rings (SSSR count). The first kappa shape index (κ1) is 18.5. The number of benzene rings is 2. The Balaban J connectivity index is 2.35. The van der Waals surface area contributed by atoms with Gasteiger partial charge in [0, 0.05) is 22.8 Å². The molecule has 1 aromatic heterocycles. The predicted molar refractivity (Wildman–Crippen MR) is 101 cm³/mol. The smallest absolute Gasteiger partial charge is 0.248 e. The summed E-state index contributed by atoms with van der Waals surface area (Å²) >= 11 is 0. The number of hydrogen-bond donors (Lipinski definition) is 4. The van der Waals surface area contributed by atoms with Crippen molar-refractivity contribution in [3.05, 3.63) is 65.0 Å². The first-order valence-corrected chi connectivity index (χ1v) is 8.05. The second-order valence-corrected chi connectivity index (χ2v) is 5.89. The van der Waals surface area contributed by atoms with Crippen molar-refractivity contribution < 1.29 is 19.7 Å². The molecule has 0 aliphatic rings. The van der Waals surface area contributed by atoms with Crippen molar-refractivity contribution in [1.82, 2.24) is 4.98 Å². The van der Waals surface area contributed by atoms with Crippen molar-refractivity contribution in [3.8, 4) is 34.2 Å². The number of anilines is 1. The van der Waals surface area contributed by atoms with Crippen LogP contribution in [0.1, 0.15) is 21.5 Å². The number of primary amides is 1. The van der Waals surface area contributed by atoms with Gasteiger partial charge >= 0.3 is 0 Å². The molecule has 0 atom stereocenters. The third-order valence-corrected chi connectivity index (χ3v) is 4.21. The molecule has 0 fully saturated rings. The van der Waals surface area contributed by atoms with Crippen molar-refractivity contribution in [3.63, 3.8) is 0 Å². The summed E-state index contributed by atoms with van der Waals surface area (Å²) in [6.07, 6.45) is 1.21. The van der Waals surface area contributed by atoms with E-state index in [2.05, 4.69) is 4.98 Å². The Hall–Kier alpha value is -4.25. The number of nitrogens with two attached hydrogens (primary N) is 3. The van der Waals surface area contributed by atoms with E-state index in [0.717, 1.165) is 6.07 Å². The fourth-order valence-electron chi connectivity index (χ4n) is 2.89. The minimum atomic E-state index is -0.761. The van der Waals surface area contributed by atoms with Gasteiger partial charge in [-0.3, -0.25) is 10.2 Å². The molecule has 0 spiro atoms. The molecule has 138 valence electrons. The van der Waals surface area contributed by atoms with Crippen LogP contribution in [0.25, 0.3) is 22.4 Å².